The molecule has 1 aliphatic carbocycles. The van der Waals surface area contributed by atoms with Crippen molar-refractivity contribution in [2.24, 2.45) is 17.6 Å². The maximum atomic E-state index is 13.1. The van der Waals surface area contributed by atoms with Crippen LogP contribution in [0.2, 0.25) is 0 Å². The van der Waals surface area contributed by atoms with Gasteiger partial charge in [0.2, 0.25) is 0 Å². The fourth-order valence-corrected chi connectivity index (χ4v) is 3.04. The van der Waals surface area contributed by atoms with Gasteiger partial charge in [0.25, 0.3) is 0 Å². The Bertz CT molecular complexity index is 457. The Kier molecular flexibility index (Phi) is 4.86. The standard InChI is InChI=1S/C15H18F5N/c16-12-5-9(6-13(17)8-12)7-14(21)10-1-3-11(4-2-10)15(18,19)20/h5-6,8,10-11,14H,1-4,7,21H2. The molecule has 0 radical (unpaired) electrons. The topological polar surface area (TPSA) is 26.0 Å². The molecule has 1 nitrogen and oxygen atoms in total. The van der Waals surface area contributed by atoms with E-state index in [1.165, 1.54) is 12.1 Å². The van der Waals surface area contributed by atoms with Gasteiger partial charge in [-0.15, -0.1) is 0 Å². The minimum absolute atomic E-state index is 0.0325. The lowest BCUT2D eigenvalue weighted by atomic mass is 9.77. The second-order valence-electron chi connectivity index (χ2n) is 5.80. The SMILES string of the molecule is NC(Cc1cc(F)cc(F)c1)C1CCC(C(F)(F)F)CC1. The van der Waals surface area contributed by atoms with Gasteiger partial charge in [0.1, 0.15) is 11.6 Å². The summed E-state index contributed by atoms with van der Waals surface area (Å²) in [5.74, 6) is -2.61. The Labute approximate surface area is 120 Å². The molecular weight excluding hydrogens is 289 g/mol. The number of hydrogen-bond donors (Lipinski definition) is 1. The van der Waals surface area contributed by atoms with Gasteiger partial charge in [0.05, 0.1) is 5.92 Å². The lowest BCUT2D eigenvalue weighted by Gasteiger charge is -2.33. The molecule has 1 aromatic rings. The third-order valence-corrected chi connectivity index (χ3v) is 4.23. The van der Waals surface area contributed by atoms with Crippen LogP contribution in [0.3, 0.4) is 0 Å². The van der Waals surface area contributed by atoms with Crippen molar-refractivity contribution in [1.82, 2.24) is 0 Å². The van der Waals surface area contributed by atoms with Crippen molar-refractivity contribution in [3.05, 3.63) is 35.4 Å². The molecule has 1 aliphatic rings. The second-order valence-corrected chi connectivity index (χ2v) is 5.80. The lowest BCUT2D eigenvalue weighted by molar-refractivity contribution is -0.184. The molecule has 118 valence electrons. The molecule has 1 aromatic carbocycles. The summed E-state index contributed by atoms with van der Waals surface area (Å²) < 4.78 is 64.0. The first-order chi connectivity index (χ1) is 9.75. The van der Waals surface area contributed by atoms with Crippen molar-refractivity contribution in [2.75, 3.05) is 0 Å². The Hall–Kier alpha value is -1.17. The van der Waals surface area contributed by atoms with E-state index in [2.05, 4.69) is 0 Å². The first kappa shape index (κ1) is 16.2. The normalized spacial score (nSPS) is 24.9. The molecule has 2 N–H and O–H groups in total. The van der Waals surface area contributed by atoms with Crippen LogP contribution in [-0.2, 0) is 6.42 Å². The van der Waals surface area contributed by atoms with Gasteiger partial charge < -0.3 is 5.73 Å². The third kappa shape index (κ3) is 4.40. The van der Waals surface area contributed by atoms with E-state index in [1.807, 2.05) is 0 Å². The molecule has 0 spiro atoms. The summed E-state index contributed by atoms with van der Waals surface area (Å²) in [5.41, 5.74) is 6.45. The summed E-state index contributed by atoms with van der Waals surface area (Å²) >= 11 is 0. The minimum Gasteiger partial charge on any atom is -0.327 e. The van der Waals surface area contributed by atoms with E-state index in [4.69, 9.17) is 5.73 Å². The van der Waals surface area contributed by atoms with Crippen LogP contribution in [-0.4, -0.2) is 12.2 Å². The maximum Gasteiger partial charge on any atom is 0.391 e. The molecule has 6 heteroatoms. The van der Waals surface area contributed by atoms with Crippen LogP contribution in [0.25, 0.3) is 0 Å². The average Bonchev–Trinajstić information content (AvgIpc) is 2.36. The van der Waals surface area contributed by atoms with Crippen molar-refractivity contribution in [3.8, 4) is 0 Å². The third-order valence-electron chi connectivity index (χ3n) is 4.23. The highest BCUT2D eigenvalue weighted by atomic mass is 19.4. The van der Waals surface area contributed by atoms with Crippen molar-refractivity contribution in [2.45, 2.75) is 44.3 Å². The highest BCUT2D eigenvalue weighted by Crippen LogP contribution is 2.40. The zero-order chi connectivity index (χ0) is 15.6. The molecule has 0 aromatic heterocycles. The second kappa shape index (κ2) is 6.30. The van der Waals surface area contributed by atoms with Crippen molar-refractivity contribution in [1.29, 1.82) is 0 Å². The van der Waals surface area contributed by atoms with Gasteiger partial charge in [-0.2, -0.15) is 13.2 Å². The van der Waals surface area contributed by atoms with Crippen LogP contribution >= 0.6 is 0 Å². The Balaban J connectivity index is 1.91. The molecule has 0 heterocycles. The first-order valence-corrected chi connectivity index (χ1v) is 7.03. The Morgan fingerprint density at radius 2 is 1.52 bits per heavy atom. The van der Waals surface area contributed by atoms with Gasteiger partial charge in [-0.25, -0.2) is 8.78 Å². The Morgan fingerprint density at radius 1 is 1.00 bits per heavy atom. The molecule has 0 bridgehead atoms. The molecule has 0 amide bonds. The largest absolute Gasteiger partial charge is 0.391 e. The predicted molar refractivity (Wildman–Crippen MR) is 69.5 cm³/mol. The van der Waals surface area contributed by atoms with E-state index in [9.17, 15) is 22.0 Å². The molecule has 21 heavy (non-hydrogen) atoms. The van der Waals surface area contributed by atoms with E-state index in [0.29, 0.717) is 18.4 Å². The summed E-state index contributed by atoms with van der Waals surface area (Å²) in [7, 11) is 0. The van der Waals surface area contributed by atoms with Crippen molar-refractivity contribution in [3.63, 3.8) is 0 Å². The van der Waals surface area contributed by atoms with Gasteiger partial charge in [-0.1, -0.05) is 0 Å². The lowest BCUT2D eigenvalue weighted by Crippen LogP contribution is -2.37. The number of benzene rings is 1. The van der Waals surface area contributed by atoms with Gasteiger partial charge in [0, 0.05) is 12.1 Å². The molecule has 0 saturated heterocycles. The quantitative estimate of drug-likeness (QED) is 0.832. The number of halogens is 5. The molecule has 1 fully saturated rings. The van der Waals surface area contributed by atoms with E-state index in [-0.39, 0.29) is 31.2 Å². The van der Waals surface area contributed by atoms with E-state index in [0.717, 1.165) is 6.07 Å². The fourth-order valence-electron chi connectivity index (χ4n) is 3.04. The molecule has 1 unspecified atom stereocenters. The van der Waals surface area contributed by atoms with Gasteiger partial charge in [0.15, 0.2) is 0 Å². The Morgan fingerprint density at radius 3 is 2.00 bits per heavy atom. The summed E-state index contributed by atoms with van der Waals surface area (Å²) in [6, 6.07) is 2.83. The number of rotatable bonds is 3. The van der Waals surface area contributed by atoms with Crippen LogP contribution in [0.5, 0.6) is 0 Å². The van der Waals surface area contributed by atoms with E-state index < -0.39 is 23.7 Å². The summed E-state index contributed by atoms with van der Waals surface area (Å²) in [4.78, 5) is 0. The predicted octanol–water partition coefficient (Wildman–Crippen LogP) is 4.20. The van der Waals surface area contributed by atoms with Crippen LogP contribution in [0.4, 0.5) is 22.0 Å². The maximum absolute atomic E-state index is 13.1. The highest BCUT2D eigenvalue weighted by Gasteiger charge is 2.42. The minimum atomic E-state index is -4.14. The first-order valence-electron chi connectivity index (χ1n) is 7.03. The van der Waals surface area contributed by atoms with Crippen LogP contribution in [0.1, 0.15) is 31.2 Å². The zero-order valence-electron chi connectivity index (χ0n) is 11.5. The van der Waals surface area contributed by atoms with E-state index >= 15 is 0 Å². The molecule has 2 rings (SSSR count). The fraction of sp³-hybridized carbons (Fsp3) is 0.600. The molecule has 1 atom stereocenters. The van der Waals surface area contributed by atoms with Crippen molar-refractivity contribution < 1.29 is 22.0 Å². The monoisotopic (exact) mass is 307 g/mol. The summed E-state index contributed by atoms with van der Waals surface area (Å²) in [6.45, 7) is 0. The number of alkyl halides is 3. The zero-order valence-corrected chi connectivity index (χ0v) is 11.5. The number of hydrogen-bond acceptors (Lipinski definition) is 1. The average molecular weight is 307 g/mol. The molecule has 1 saturated carbocycles. The van der Waals surface area contributed by atoms with Crippen LogP contribution < -0.4 is 5.73 Å². The van der Waals surface area contributed by atoms with Gasteiger partial charge >= 0.3 is 6.18 Å². The number of nitrogens with two attached hydrogens (primary N) is 1. The van der Waals surface area contributed by atoms with Crippen LogP contribution in [0.15, 0.2) is 18.2 Å². The van der Waals surface area contributed by atoms with Crippen LogP contribution in [0, 0.1) is 23.5 Å². The smallest absolute Gasteiger partial charge is 0.327 e. The molecule has 0 aliphatic heterocycles. The highest BCUT2D eigenvalue weighted by molar-refractivity contribution is 5.19. The van der Waals surface area contributed by atoms with Gasteiger partial charge in [-0.05, 0) is 55.7 Å². The van der Waals surface area contributed by atoms with E-state index in [1.54, 1.807) is 0 Å². The van der Waals surface area contributed by atoms with Crippen molar-refractivity contribution >= 4 is 0 Å². The summed E-state index contributed by atoms with van der Waals surface area (Å²) in [5, 5.41) is 0. The molecular formula is C15H18F5N. The van der Waals surface area contributed by atoms with Gasteiger partial charge in [-0.3, -0.25) is 0 Å². The summed E-state index contributed by atoms with van der Waals surface area (Å²) in [6.07, 6.45) is -2.89.